The fourth-order valence-electron chi connectivity index (χ4n) is 3.54. The van der Waals surface area contributed by atoms with Gasteiger partial charge in [0.1, 0.15) is 0 Å². The number of alkyl halides is 3. The Bertz CT molecular complexity index is 1390. The summed E-state index contributed by atoms with van der Waals surface area (Å²) < 4.78 is 39.5. The molecule has 4 rings (SSSR count). The van der Waals surface area contributed by atoms with Gasteiger partial charge in [0.25, 0.3) is 0 Å². The van der Waals surface area contributed by atoms with Gasteiger partial charge in [0.05, 0.1) is 16.3 Å². The van der Waals surface area contributed by atoms with Crippen molar-refractivity contribution in [2.45, 2.75) is 26.4 Å². The van der Waals surface area contributed by atoms with Gasteiger partial charge in [-0.15, -0.1) is 0 Å². The van der Waals surface area contributed by atoms with Crippen LogP contribution in [0.15, 0.2) is 72.9 Å². The molecule has 0 aliphatic heterocycles. The average molecular weight is 496 g/mol. The van der Waals surface area contributed by atoms with E-state index in [0.717, 1.165) is 34.5 Å². The SMILES string of the molecule is Cc1ccc(-c2ccnc(Nc3cc(C(=O)Cc4ccc(Cl)c(C(F)(F)F)c4)ccc3C)n2)cc1. The Labute approximate surface area is 205 Å². The van der Waals surface area contributed by atoms with Gasteiger partial charge in [-0.1, -0.05) is 59.6 Å². The quantitative estimate of drug-likeness (QED) is 0.280. The lowest BCUT2D eigenvalue weighted by molar-refractivity contribution is -0.137. The molecule has 1 aromatic heterocycles. The van der Waals surface area contributed by atoms with Crippen molar-refractivity contribution in [3.63, 3.8) is 0 Å². The number of ketones is 1. The fourth-order valence-corrected chi connectivity index (χ4v) is 3.77. The van der Waals surface area contributed by atoms with Crippen molar-refractivity contribution < 1.29 is 18.0 Å². The molecule has 0 atom stereocenters. The van der Waals surface area contributed by atoms with Crippen LogP contribution in [0, 0.1) is 13.8 Å². The minimum Gasteiger partial charge on any atom is -0.324 e. The highest BCUT2D eigenvalue weighted by Crippen LogP contribution is 2.35. The van der Waals surface area contributed by atoms with Gasteiger partial charge in [-0.3, -0.25) is 4.79 Å². The Balaban J connectivity index is 1.55. The number of benzene rings is 3. The third-order valence-corrected chi connectivity index (χ3v) is 5.84. The van der Waals surface area contributed by atoms with E-state index in [1.54, 1.807) is 24.4 Å². The summed E-state index contributed by atoms with van der Waals surface area (Å²) in [6, 6.07) is 18.3. The van der Waals surface area contributed by atoms with Gasteiger partial charge in [0, 0.05) is 29.4 Å². The normalized spacial score (nSPS) is 11.4. The van der Waals surface area contributed by atoms with E-state index in [2.05, 4.69) is 15.3 Å². The molecule has 0 saturated heterocycles. The van der Waals surface area contributed by atoms with Crippen molar-refractivity contribution in [1.82, 2.24) is 9.97 Å². The van der Waals surface area contributed by atoms with Crippen molar-refractivity contribution in [3.8, 4) is 11.3 Å². The van der Waals surface area contributed by atoms with E-state index in [-0.39, 0.29) is 17.8 Å². The van der Waals surface area contributed by atoms with E-state index in [4.69, 9.17) is 11.6 Å². The monoisotopic (exact) mass is 495 g/mol. The molecule has 0 spiro atoms. The highest BCUT2D eigenvalue weighted by atomic mass is 35.5. The van der Waals surface area contributed by atoms with Gasteiger partial charge < -0.3 is 5.32 Å². The second-order valence-electron chi connectivity index (χ2n) is 8.20. The maximum atomic E-state index is 13.2. The van der Waals surface area contributed by atoms with Gasteiger partial charge in [0.15, 0.2) is 5.78 Å². The molecule has 0 bridgehead atoms. The summed E-state index contributed by atoms with van der Waals surface area (Å²) in [5, 5.41) is 2.75. The number of aromatic nitrogens is 2. The molecule has 1 heterocycles. The molecule has 4 aromatic rings. The molecular formula is C27H21ClF3N3O. The first kappa shape index (κ1) is 24.4. The van der Waals surface area contributed by atoms with Crippen LogP contribution >= 0.6 is 11.6 Å². The molecule has 0 radical (unpaired) electrons. The summed E-state index contributed by atoms with van der Waals surface area (Å²) in [5.74, 6) is 0.0427. The Morgan fingerprint density at radius 3 is 2.43 bits per heavy atom. The van der Waals surface area contributed by atoms with Gasteiger partial charge in [-0.25, -0.2) is 9.97 Å². The number of anilines is 2. The Morgan fingerprint density at radius 1 is 0.971 bits per heavy atom. The molecule has 0 amide bonds. The second kappa shape index (κ2) is 9.88. The number of halogens is 4. The number of aryl methyl sites for hydroxylation is 2. The molecule has 0 aliphatic rings. The highest BCUT2D eigenvalue weighted by molar-refractivity contribution is 6.31. The van der Waals surface area contributed by atoms with E-state index in [1.807, 2.05) is 44.2 Å². The van der Waals surface area contributed by atoms with Crippen LogP contribution in [-0.2, 0) is 12.6 Å². The number of hydrogen-bond acceptors (Lipinski definition) is 4. The van der Waals surface area contributed by atoms with Gasteiger partial charge in [-0.05, 0) is 49.2 Å². The van der Waals surface area contributed by atoms with Crippen molar-refractivity contribution in [1.29, 1.82) is 0 Å². The topological polar surface area (TPSA) is 54.9 Å². The number of rotatable bonds is 6. The predicted octanol–water partition coefficient (Wildman–Crippen LogP) is 7.60. The summed E-state index contributed by atoms with van der Waals surface area (Å²) in [6.07, 6.45) is -3.14. The van der Waals surface area contributed by atoms with Crippen molar-refractivity contribution in [3.05, 3.63) is 106 Å². The van der Waals surface area contributed by atoms with Crippen molar-refractivity contribution in [2.75, 3.05) is 5.32 Å². The van der Waals surface area contributed by atoms with Crippen LogP contribution in [0.5, 0.6) is 0 Å². The van der Waals surface area contributed by atoms with E-state index in [0.29, 0.717) is 17.2 Å². The number of nitrogens with zero attached hydrogens (tertiary/aromatic N) is 2. The summed E-state index contributed by atoms with van der Waals surface area (Å²) in [7, 11) is 0. The molecule has 0 unspecified atom stereocenters. The minimum atomic E-state index is -4.59. The van der Waals surface area contributed by atoms with E-state index in [1.165, 1.54) is 6.07 Å². The molecule has 0 saturated carbocycles. The van der Waals surface area contributed by atoms with Crippen molar-refractivity contribution >= 4 is 29.0 Å². The lowest BCUT2D eigenvalue weighted by atomic mass is 9.99. The number of Topliss-reactive ketones (excluding diaryl/α,β-unsaturated/α-hetero) is 1. The van der Waals surface area contributed by atoms with Crippen LogP contribution in [0.2, 0.25) is 5.02 Å². The van der Waals surface area contributed by atoms with Gasteiger partial charge in [-0.2, -0.15) is 13.2 Å². The lowest BCUT2D eigenvalue weighted by Gasteiger charge is -2.12. The molecule has 178 valence electrons. The Morgan fingerprint density at radius 2 is 1.71 bits per heavy atom. The third kappa shape index (κ3) is 5.87. The van der Waals surface area contributed by atoms with Crippen molar-refractivity contribution in [2.24, 2.45) is 0 Å². The number of nitrogens with one attached hydrogen (secondary N) is 1. The first-order valence-electron chi connectivity index (χ1n) is 10.8. The lowest BCUT2D eigenvalue weighted by Crippen LogP contribution is -2.09. The minimum absolute atomic E-state index is 0.192. The summed E-state index contributed by atoms with van der Waals surface area (Å²) in [6.45, 7) is 3.88. The summed E-state index contributed by atoms with van der Waals surface area (Å²) in [4.78, 5) is 21.7. The molecular weight excluding hydrogens is 475 g/mol. The number of carbonyl (C=O) groups excluding carboxylic acids is 1. The molecule has 3 aromatic carbocycles. The second-order valence-corrected chi connectivity index (χ2v) is 8.61. The largest absolute Gasteiger partial charge is 0.417 e. The molecule has 0 aliphatic carbocycles. The summed E-state index contributed by atoms with van der Waals surface area (Å²) >= 11 is 5.68. The molecule has 35 heavy (non-hydrogen) atoms. The predicted molar refractivity (Wildman–Crippen MR) is 131 cm³/mol. The standard InChI is InChI=1S/C27H21ClF3N3O/c1-16-3-7-19(8-4-16)23-11-12-32-26(33-23)34-24-15-20(9-5-17(24)2)25(35)14-18-6-10-22(28)21(13-18)27(29,30)31/h3-13,15H,14H2,1-2H3,(H,32,33,34). The number of hydrogen-bond donors (Lipinski definition) is 1. The summed E-state index contributed by atoms with van der Waals surface area (Å²) in [5.41, 5.74) is 3.96. The van der Waals surface area contributed by atoms with Gasteiger partial charge in [0.2, 0.25) is 5.95 Å². The van der Waals surface area contributed by atoms with Gasteiger partial charge >= 0.3 is 6.18 Å². The molecule has 4 nitrogen and oxygen atoms in total. The van der Waals surface area contributed by atoms with E-state index in [9.17, 15) is 18.0 Å². The third-order valence-electron chi connectivity index (χ3n) is 5.51. The zero-order valence-corrected chi connectivity index (χ0v) is 19.7. The maximum absolute atomic E-state index is 13.2. The molecule has 8 heteroatoms. The number of carbonyl (C=O) groups is 1. The van der Waals surface area contributed by atoms with E-state index >= 15 is 0 Å². The maximum Gasteiger partial charge on any atom is 0.417 e. The zero-order chi connectivity index (χ0) is 25.2. The zero-order valence-electron chi connectivity index (χ0n) is 18.9. The smallest absolute Gasteiger partial charge is 0.324 e. The average Bonchev–Trinajstić information content (AvgIpc) is 2.81. The first-order chi connectivity index (χ1) is 16.6. The van der Waals surface area contributed by atoms with Crippen LogP contribution in [0.25, 0.3) is 11.3 Å². The van der Waals surface area contributed by atoms with Crippen LogP contribution in [0.3, 0.4) is 0 Å². The van der Waals surface area contributed by atoms with Crippen LogP contribution in [0.1, 0.15) is 32.6 Å². The van der Waals surface area contributed by atoms with Crippen LogP contribution in [0.4, 0.5) is 24.8 Å². The van der Waals surface area contributed by atoms with Crippen LogP contribution < -0.4 is 5.32 Å². The van der Waals surface area contributed by atoms with Crippen LogP contribution in [-0.4, -0.2) is 15.8 Å². The molecule has 1 N–H and O–H groups in total. The molecule has 0 fully saturated rings. The Hall–Kier alpha value is -3.71. The Kier molecular flexibility index (Phi) is 6.89. The highest BCUT2D eigenvalue weighted by Gasteiger charge is 2.33. The first-order valence-corrected chi connectivity index (χ1v) is 11.1. The fraction of sp³-hybridized carbons (Fsp3) is 0.148. The van der Waals surface area contributed by atoms with E-state index < -0.39 is 16.8 Å².